The molecular weight excluding hydrogens is 238 g/mol. The molecule has 0 saturated carbocycles. The minimum absolute atomic E-state index is 0.0853. The minimum Gasteiger partial charge on any atom is -0.453 e. The van der Waals surface area contributed by atoms with Crippen molar-refractivity contribution in [3.63, 3.8) is 0 Å². The van der Waals surface area contributed by atoms with Crippen LogP contribution in [0.25, 0.3) is 11.0 Å². The summed E-state index contributed by atoms with van der Waals surface area (Å²) in [7, 11) is 0. The predicted molar refractivity (Wildman–Crippen MR) is 75.4 cm³/mol. The molecule has 1 N–H and O–H groups in total. The molecule has 2 aromatic rings. The molecular formula is C16H19NO2. The van der Waals surface area contributed by atoms with E-state index in [0.717, 1.165) is 36.0 Å². The number of furan rings is 1. The van der Waals surface area contributed by atoms with Gasteiger partial charge in [-0.1, -0.05) is 25.1 Å². The number of nitrogens with one attached hydrogen (secondary N) is 1. The van der Waals surface area contributed by atoms with Crippen LogP contribution in [0.5, 0.6) is 0 Å². The van der Waals surface area contributed by atoms with Crippen LogP contribution in [0.4, 0.5) is 0 Å². The molecule has 3 nitrogen and oxygen atoms in total. The predicted octanol–water partition coefficient (Wildman–Crippen LogP) is 3.17. The molecule has 1 saturated heterocycles. The number of carbonyl (C=O) groups is 1. The number of hydrogen-bond acceptors (Lipinski definition) is 3. The fourth-order valence-electron chi connectivity index (χ4n) is 2.92. The van der Waals surface area contributed by atoms with Crippen molar-refractivity contribution >= 4 is 16.8 Å². The van der Waals surface area contributed by atoms with E-state index in [-0.39, 0.29) is 11.7 Å². The lowest BCUT2D eigenvalue weighted by Gasteiger charge is -2.27. The first-order chi connectivity index (χ1) is 9.16. The average molecular weight is 257 g/mol. The number of hydrogen-bond donors (Lipinski definition) is 1. The summed E-state index contributed by atoms with van der Waals surface area (Å²) in [5.41, 5.74) is 1.92. The first-order valence-electron chi connectivity index (χ1n) is 6.91. The van der Waals surface area contributed by atoms with Crippen molar-refractivity contribution in [2.24, 2.45) is 11.8 Å². The van der Waals surface area contributed by atoms with Crippen LogP contribution in [0, 0.1) is 18.8 Å². The fraction of sp³-hybridized carbons (Fsp3) is 0.438. The zero-order valence-electron chi connectivity index (χ0n) is 11.4. The maximum absolute atomic E-state index is 12.6. The third-order valence-electron chi connectivity index (χ3n) is 4.11. The molecule has 0 radical (unpaired) electrons. The highest BCUT2D eigenvalue weighted by Crippen LogP contribution is 2.28. The van der Waals surface area contributed by atoms with E-state index >= 15 is 0 Å². The molecule has 1 aliphatic rings. The molecule has 3 heteroatoms. The quantitative estimate of drug-likeness (QED) is 0.840. The minimum atomic E-state index is 0.0853. The number of carbonyl (C=O) groups excluding carboxylic acids is 1. The van der Waals surface area contributed by atoms with Crippen LogP contribution in [0.3, 0.4) is 0 Å². The first-order valence-corrected chi connectivity index (χ1v) is 6.91. The van der Waals surface area contributed by atoms with Crippen LogP contribution >= 0.6 is 0 Å². The monoisotopic (exact) mass is 257 g/mol. The summed E-state index contributed by atoms with van der Waals surface area (Å²) in [6, 6.07) is 7.88. The van der Waals surface area contributed by atoms with E-state index in [1.807, 2.05) is 31.2 Å². The van der Waals surface area contributed by atoms with Gasteiger partial charge >= 0.3 is 0 Å². The van der Waals surface area contributed by atoms with Crippen molar-refractivity contribution in [1.82, 2.24) is 5.32 Å². The van der Waals surface area contributed by atoms with Crippen LogP contribution in [0.15, 0.2) is 28.7 Å². The Morgan fingerprint density at radius 3 is 3.00 bits per heavy atom. The lowest BCUT2D eigenvalue weighted by molar-refractivity contribution is 0.0821. The van der Waals surface area contributed by atoms with Crippen molar-refractivity contribution < 1.29 is 9.21 Å². The maximum atomic E-state index is 12.6. The summed E-state index contributed by atoms with van der Waals surface area (Å²) in [6.45, 7) is 5.96. The van der Waals surface area contributed by atoms with Gasteiger partial charge in [0.1, 0.15) is 5.58 Å². The molecule has 0 aliphatic carbocycles. The third-order valence-corrected chi connectivity index (χ3v) is 4.11. The van der Waals surface area contributed by atoms with E-state index in [0.29, 0.717) is 11.7 Å². The van der Waals surface area contributed by atoms with E-state index in [4.69, 9.17) is 4.42 Å². The Bertz CT molecular complexity index is 614. The third kappa shape index (κ3) is 2.19. The summed E-state index contributed by atoms with van der Waals surface area (Å²) in [5.74, 6) is 1.13. The normalized spacial score (nSPS) is 23.7. The molecule has 0 bridgehead atoms. The maximum Gasteiger partial charge on any atom is 0.201 e. The number of benzene rings is 1. The molecule has 3 rings (SSSR count). The van der Waals surface area contributed by atoms with E-state index < -0.39 is 0 Å². The molecule has 2 unspecified atom stereocenters. The molecule has 1 fully saturated rings. The number of ketones is 1. The van der Waals surface area contributed by atoms with E-state index in [2.05, 4.69) is 12.2 Å². The zero-order chi connectivity index (χ0) is 13.4. The van der Waals surface area contributed by atoms with Gasteiger partial charge < -0.3 is 9.73 Å². The number of para-hydroxylation sites is 1. The van der Waals surface area contributed by atoms with Crippen molar-refractivity contribution in [3.05, 3.63) is 35.6 Å². The van der Waals surface area contributed by atoms with Gasteiger partial charge in [0.05, 0.1) is 0 Å². The smallest absolute Gasteiger partial charge is 0.201 e. The van der Waals surface area contributed by atoms with Crippen molar-refractivity contribution in [3.8, 4) is 0 Å². The summed E-state index contributed by atoms with van der Waals surface area (Å²) >= 11 is 0. The number of piperidine rings is 1. The van der Waals surface area contributed by atoms with Crippen LogP contribution in [0.2, 0.25) is 0 Å². The summed E-state index contributed by atoms with van der Waals surface area (Å²) in [5, 5.41) is 4.34. The van der Waals surface area contributed by atoms with E-state index in [9.17, 15) is 4.79 Å². The Labute approximate surface area is 113 Å². The Hall–Kier alpha value is -1.61. The van der Waals surface area contributed by atoms with Gasteiger partial charge in [-0.2, -0.15) is 0 Å². The zero-order valence-corrected chi connectivity index (χ0v) is 11.4. The second-order valence-electron chi connectivity index (χ2n) is 5.54. The van der Waals surface area contributed by atoms with E-state index in [1.165, 1.54) is 0 Å². The van der Waals surface area contributed by atoms with Crippen LogP contribution in [-0.2, 0) is 0 Å². The van der Waals surface area contributed by atoms with Gasteiger partial charge in [0.2, 0.25) is 5.78 Å². The molecule has 1 aromatic carbocycles. The highest BCUT2D eigenvalue weighted by Gasteiger charge is 2.30. The number of Topliss-reactive ketones (excluding diaryl/α,β-unsaturated/α-hetero) is 1. The first kappa shape index (κ1) is 12.4. The molecule has 0 amide bonds. The van der Waals surface area contributed by atoms with Gasteiger partial charge in [0, 0.05) is 11.3 Å². The summed E-state index contributed by atoms with van der Waals surface area (Å²) < 4.78 is 5.79. The molecule has 19 heavy (non-hydrogen) atoms. The molecule has 0 spiro atoms. The van der Waals surface area contributed by atoms with Crippen molar-refractivity contribution in [2.75, 3.05) is 13.1 Å². The Morgan fingerprint density at radius 2 is 2.26 bits per heavy atom. The molecule has 2 heterocycles. The Balaban J connectivity index is 1.95. The van der Waals surface area contributed by atoms with Crippen LogP contribution in [0.1, 0.15) is 29.5 Å². The van der Waals surface area contributed by atoms with Gasteiger partial charge in [-0.05, 0) is 44.0 Å². The van der Waals surface area contributed by atoms with Gasteiger partial charge in [-0.15, -0.1) is 0 Å². The summed E-state index contributed by atoms with van der Waals surface area (Å²) in [6.07, 6.45) is 0.899. The van der Waals surface area contributed by atoms with E-state index in [1.54, 1.807) is 0 Å². The summed E-state index contributed by atoms with van der Waals surface area (Å²) in [4.78, 5) is 12.6. The number of aryl methyl sites for hydroxylation is 1. The second kappa shape index (κ2) is 4.82. The lowest BCUT2D eigenvalue weighted by atomic mass is 9.84. The SMILES string of the molecule is Cc1cccc2cc(C(=O)C3CCNCC3C)oc12. The van der Waals surface area contributed by atoms with Crippen LogP contribution in [-0.4, -0.2) is 18.9 Å². The number of fused-ring (bicyclic) bond motifs is 1. The van der Waals surface area contributed by atoms with Gasteiger partial charge in [0.25, 0.3) is 0 Å². The largest absolute Gasteiger partial charge is 0.453 e. The highest BCUT2D eigenvalue weighted by atomic mass is 16.3. The molecule has 1 aromatic heterocycles. The van der Waals surface area contributed by atoms with Crippen molar-refractivity contribution in [1.29, 1.82) is 0 Å². The fourth-order valence-corrected chi connectivity index (χ4v) is 2.92. The molecule has 100 valence electrons. The van der Waals surface area contributed by atoms with Gasteiger partial charge in [-0.25, -0.2) is 0 Å². The molecule has 2 atom stereocenters. The van der Waals surface area contributed by atoms with Gasteiger partial charge in [0.15, 0.2) is 5.76 Å². The topological polar surface area (TPSA) is 42.2 Å². The lowest BCUT2D eigenvalue weighted by Crippen LogP contribution is -2.38. The molecule has 1 aliphatic heterocycles. The average Bonchev–Trinajstić information content (AvgIpc) is 2.84. The highest BCUT2D eigenvalue weighted by molar-refractivity contribution is 5.99. The standard InChI is InChI=1S/C16H19NO2/c1-10-4-3-5-12-8-14(19-16(10)12)15(18)13-6-7-17-9-11(13)2/h3-5,8,11,13,17H,6-7,9H2,1-2H3. The Morgan fingerprint density at radius 1 is 1.42 bits per heavy atom. The van der Waals surface area contributed by atoms with Gasteiger partial charge in [-0.3, -0.25) is 4.79 Å². The Kier molecular flexibility index (Phi) is 3.15. The van der Waals surface area contributed by atoms with Crippen LogP contribution < -0.4 is 5.32 Å². The van der Waals surface area contributed by atoms with Crippen molar-refractivity contribution in [2.45, 2.75) is 20.3 Å². The second-order valence-corrected chi connectivity index (χ2v) is 5.54. The number of rotatable bonds is 2.